The van der Waals surface area contributed by atoms with Gasteiger partial charge in [0.2, 0.25) is 5.91 Å². The maximum Gasteiger partial charge on any atom is 0.264 e. The van der Waals surface area contributed by atoms with Crippen LogP contribution in [-0.2, 0) is 14.8 Å². The van der Waals surface area contributed by atoms with Gasteiger partial charge in [-0.1, -0.05) is 67.4 Å². The third kappa shape index (κ3) is 5.37. The van der Waals surface area contributed by atoms with E-state index in [-0.39, 0.29) is 17.5 Å². The minimum absolute atomic E-state index is 0.105. The SMILES string of the molecule is CCC1(CC)CC(NC(=O)CN(c2cccc(Cl)c2)S(=O)(=O)c2ccc(C)cc2)c2ccccc2O1. The predicted molar refractivity (Wildman–Crippen MR) is 143 cm³/mol. The Bertz CT molecular complexity index is 1340. The highest BCUT2D eigenvalue weighted by molar-refractivity contribution is 7.92. The monoisotopic (exact) mass is 526 g/mol. The van der Waals surface area contributed by atoms with Crippen molar-refractivity contribution in [1.29, 1.82) is 0 Å². The molecule has 0 bridgehead atoms. The van der Waals surface area contributed by atoms with Crippen molar-refractivity contribution in [3.05, 3.63) is 88.9 Å². The molecule has 1 unspecified atom stereocenters. The Morgan fingerprint density at radius 3 is 2.42 bits per heavy atom. The van der Waals surface area contributed by atoms with Crippen molar-refractivity contribution in [3.63, 3.8) is 0 Å². The first-order valence-corrected chi connectivity index (χ1v) is 13.9. The van der Waals surface area contributed by atoms with Crippen molar-refractivity contribution in [1.82, 2.24) is 5.32 Å². The molecule has 0 saturated heterocycles. The number of benzene rings is 3. The summed E-state index contributed by atoms with van der Waals surface area (Å²) >= 11 is 6.18. The van der Waals surface area contributed by atoms with Gasteiger partial charge in [0.1, 0.15) is 17.9 Å². The van der Waals surface area contributed by atoms with Crippen molar-refractivity contribution in [2.45, 2.75) is 56.6 Å². The normalized spacial score (nSPS) is 16.5. The van der Waals surface area contributed by atoms with E-state index >= 15 is 0 Å². The fourth-order valence-electron chi connectivity index (χ4n) is 4.58. The fraction of sp³-hybridized carbons (Fsp3) is 0.321. The van der Waals surface area contributed by atoms with Crippen LogP contribution in [0.15, 0.2) is 77.7 Å². The van der Waals surface area contributed by atoms with Gasteiger partial charge in [0.15, 0.2) is 0 Å². The second-order valence-corrected chi connectivity index (χ2v) is 11.5. The number of hydrogen-bond donors (Lipinski definition) is 1. The zero-order valence-corrected chi connectivity index (χ0v) is 22.3. The highest BCUT2D eigenvalue weighted by Crippen LogP contribution is 2.42. The first-order chi connectivity index (χ1) is 17.2. The average Bonchev–Trinajstić information content (AvgIpc) is 2.87. The van der Waals surface area contributed by atoms with Gasteiger partial charge in [-0.25, -0.2) is 8.42 Å². The Balaban J connectivity index is 1.65. The van der Waals surface area contributed by atoms with Crippen LogP contribution in [0.5, 0.6) is 5.75 Å². The third-order valence-electron chi connectivity index (χ3n) is 6.81. The Morgan fingerprint density at radius 1 is 1.06 bits per heavy atom. The van der Waals surface area contributed by atoms with Gasteiger partial charge < -0.3 is 10.1 Å². The van der Waals surface area contributed by atoms with Gasteiger partial charge in [0.05, 0.1) is 16.6 Å². The average molecular weight is 527 g/mol. The number of carbonyl (C=O) groups excluding carboxylic acids is 1. The molecule has 1 atom stereocenters. The lowest BCUT2D eigenvalue weighted by atomic mass is 9.83. The predicted octanol–water partition coefficient (Wildman–Crippen LogP) is 6.04. The van der Waals surface area contributed by atoms with Gasteiger partial charge in [-0.05, 0) is 56.2 Å². The van der Waals surface area contributed by atoms with Crippen molar-refractivity contribution >= 4 is 33.2 Å². The second kappa shape index (κ2) is 10.5. The van der Waals surface area contributed by atoms with E-state index in [0.29, 0.717) is 17.1 Å². The van der Waals surface area contributed by atoms with Crippen LogP contribution < -0.4 is 14.4 Å². The van der Waals surface area contributed by atoms with Gasteiger partial charge in [-0.15, -0.1) is 0 Å². The molecule has 0 spiro atoms. The summed E-state index contributed by atoms with van der Waals surface area (Å²) in [5, 5.41) is 3.47. The number of rotatable bonds is 8. The third-order valence-corrected chi connectivity index (χ3v) is 8.84. The molecule has 1 N–H and O–H groups in total. The van der Waals surface area contributed by atoms with E-state index in [1.807, 2.05) is 31.2 Å². The summed E-state index contributed by atoms with van der Waals surface area (Å²) < 4.78 is 34.8. The first kappa shape index (κ1) is 26.0. The van der Waals surface area contributed by atoms with Gasteiger partial charge in [-0.3, -0.25) is 9.10 Å². The molecule has 3 aromatic rings. The van der Waals surface area contributed by atoms with Crippen LogP contribution in [0.1, 0.15) is 50.3 Å². The Hall–Kier alpha value is -3.03. The summed E-state index contributed by atoms with van der Waals surface area (Å²) in [6.45, 7) is 5.65. The first-order valence-electron chi connectivity index (χ1n) is 12.1. The number of hydrogen-bond acceptors (Lipinski definition) is 4. The number of nitrogens with one attached hydrogen (secondary N) is 1. The minimum Gasteiger partial charge on any atom is -0.487 e. The smallest absolute Gasteiger partial charge is 0.264 e. The van der Waals surface area contributed by atoms with Crippen LogP contribution >= 0.6 is 11.6 Å². The highest BCUT2D eigenvalue weighted by Gasteiger charge is 2.39. The number of ether oxygens (including phenoxy) is 1. The van der Waals surface area contributed by atoms with Crippen molar-refractivity contribution in [2.24, 2.45) is 0 Å². The van der Waals surface area contributed by atoms with E-state index in [0.717, 1.165) is 34.0 Å². The van der Waals surface area contributed by atoms with Crippen LogP contribution in [0.3, 0.4) is 0 Å². The number of amides is 1. The molecule has 4 rings (SSSR count). The molecular weight excluding hydrogens is 496 g/mol. The van der Waals surface area contributed by atoms with Crippen molar-refractivity contribution in [2.75, 3.05) is 10.8 Å². The molecule has 8 heteroatoms. The Kier molecular flexibility index (Phi) is 7.62. The van der Waals surface area contributed by atoms with Gasteiger partial charge in [0.25, 0.3) is 10.0 Å². The maximum absolute atomic E-state index is 13.7. The molecule has 6 nitrogen and oxygen atoms in total. The van der Waals surface area contributed by atoms with E-state index in [4.69, 9.17) is 16.3 Å². The quantitative estimate of drug-likeness (QED) is 0.388. The summed E-state index contributed by atoms with van der Waals surface area (Å²) in [6.07, 6.45) is 2.19. The molecular formula is C28H31ClN2O4S. The Morgan fingerprint density at radius 2 is 1.75 bits per heavy atom. The lowest BCUT2D eigenvalue weighted by Gasteiger charge is -2.41. The number of carbonyl (C=O) groups is 1. The van der Waals surface area contributed by atoms with Gasteiger partial charge in [-0.2, -0.15) is 0 Å². The molecule has 36 heavy (non-hydrogen) atoms. The number of halogens is 1. The van der Waals surface area contributed by atoms with Crippen LogP contribution in [0.25, 0.3) is 0 Å². The number of sulfonamides is 1. The Labute approximate surface area is 218 Å². The maximum atomic E-state index is 13.7. The molecule has 1 heterocycles. The molecule has 1 aliphatic heterocycles. The van der Waals surface area contributed by atoms with Crippen molar-refractivity contribution in [3.8, 4) is 5.75 Å². The standard InChI is InChI=1S/C28H31ClN2O4S/c1-4-28(5-2)18-25(24-11-6-7-12-26(24)35-28)30-27(32)19-31(22-10-8-9-21(29)17-22)36(33,34)23-15-13-20(3)14-16-23/h6-17,25H,4-5,18-19H2,1-3H3,(H,30,32). The van der Waals surface area contributed by atoms with Crippen molar-refractivity contribution < 1.29 is 17.9 Å². The molecule has 0 saturated carbocycles. The van der Waals surface area contributed by atoms with Crippen LogP contribution in [0.4, 0.5) is 5.69 Å². The largest absolute Gasteiger partial charge is 0.487 e. The van der Waals surface area contributed by atoms with Gasteiger partial charge in [0, 0.05) is 17.0 Å². The van der Waals surface area contributed by atoms with Crippen LogP contribution in [0.2, 0.25) is 5.02 Å². The fourth-order valence-corrected chi connectivity index (χ4v) is 6.18. The summed E-state index contributed by atoms with van der Waals surface area (Å²) in [5.74, 6) is 0.338. The number of nitrogens with zero attached hydrogens (tertiary/aromatic N) is 1. The van der Waals surface area contributed by atoms with E-state index in [9.17, 15) is 13.2 Å². The van der Waals surface area contributed by atoms with E-state index in [2.05, 4.69) is 19.2 Å². The minimum atomic E-state index is -4.03. The number of fused-ring (bicyclic) bond motifs is 1. The second-order valence-electron chi connectivity index (χ2n) is 9.16. The molecule has 0 fully saturated rings. The molecule has 3 aromatic carbocycles. The molecule has 0 aromatic heterocycles. The lowest BCUT2D eigenvalue weighted by molar-refractivity contribution is -0.121. The molecule has 1 amide bonds. The number of para-hydroxylation sites is 1. The molecule has 0 aliphatic carbocycles. The van der Waals surface area contributed by atoms with E-state index in [1.165, 1.54) is 0 Å². The number of aryl methyl sites for hydroxylation is 1. The topological polar surface area (TPSA) is 75.7 Å². The zero-order chi connectivity index (χ0) is 25.9. The van der Waals surface area contributed by atoms with Gasteiger partial charge >= 0.3 is 0 Å². The zero-order valence-electron chi connectivity index (χ0n) is 20.7. The van der Waals surface area contributed by atoms with Crippen LogP contribution in [-0.4, -0.2) is 26.5 Å². The lowest BCUT2D eigenvalue weighted by Crippen LogP contribution is -2.47. The van der Waals surface area contributed by atoms with E-state index in [1.54, 1.807) is 48.5 Å². The summed E-state index contributed by atoms with van der Waals surface area (Å²) in [4.78, 5) is 13.5. The molecule has 0 radical (unpaired) electrons. The summed E-state index contributed by atoms with van der Waals surface area (Å²) in [7, 11) is -4.03. The molecule has 190 valence electrons. The highest BCUT2D eigenvalue weighted by atomic mass is 35.5. The summed E-state index contributed by atoms with van der Waals surface area (Å²) in [6, 6.07) is 20.4. The molecule has 1 aliphatic rings. The van der Waals surface area contributed by atoms with Crippen LogP contribution in [0, 0.1) is 6.92 Å². The van der Waals surface area contributed by atoms with E-state index < -0.39 is 21.5 Å². The summed E-state index contributed by atoms with van der Waals surface area (Å²) in [5.41, 5.74) is 1.75. The number of anilines is 1.